The molecule has 0 aliphatic heterocycles. The first-order valence-electron chi connectivity index (χ1n) is 6.04. The fourth-order valence-electron chi connectivity index (χ4n) is 1.86. The van der Waals surface area contributed by atoms with Gasteiger partial charge in [-0.15, -0.1) is 0 Å². The van der Waals surface area contributed by atoms with Crippen molar-refractivity contribution in [2.24, 2.45) is 0 Å². The molecule has 0 fully saturated rings. The molecule has 2 rings (SSSR count). The molecule has 2 aromatic carbocycles. The van der Waals surface area contributed by atoms with E-state index in [1.54, 1.807) is 30.3 Å². The van der Waals surface area contributed by atoms with Crippen molar-refractivity contribution in [1.29, 1.82) is 0 Å². The number of ether oxygens (including phenoxy) is 1. The number of ketones is 1. The molecule has 3 nitrogen and oxygen atoms in total. The van der Waals surface area contributed by atoms with Crippen LogP contribution in [0, 0.1) is 0 Å². The second kappa shape index (κ2) is 6.41. The van der Waals surface area contributed by atoms with Gasteiger partial charge < -0.3 is 10.5 Å². The maximum atomic E-state index is 12.6. The van der Waals surface area contributed by atoms with E-state index in [0.717, 1.165) is 8.95 Å². The van der Waals surface area contributed by atoms with Crippen LogP contribution in [0.25, 0.3) is 0 Å². The zero-order valence-electron chi connectivity index (χ0n) is 10.8. The molecule has 0 saturated heterocycles. The molecule has 0 heterocycles. The minimum Gasteiger partial charge on any atom is -0.493 e. The van der Waals surface area contributed by atoms with E-state index in [9.17, 15) is 4.79 Å². The molecule has 0 atom stereocenters. The van der Waals surface area contributed by atoms with Crippen LogP contribution in [0.5, 0.6) is 5.75 Å². The summed E-state index contributed by atoms with van der Waals surface area (Å²) >= 11 is 6.72. The number of hydrogen-bond donors (Lipinski definition) is 1. The van der Waals surface area contributed by atoms with Gasteiger partial charge in [0, 0.05) is 20.2 Å². The maximum absolute atomic E-state index is 12.6. The van der Waals surface area contributed by atoms with Gasteiger partial charge in [-0.1, -0.05) is 31.9 Å². The predicted molar refractivity (Wildman–Crippen MR) is 87.3 cm³/mol. The summed E-state index contributed by atoms with van der Waals surface area (Å²) in [5.74, 6) is 0.446. The first-order valence-corrected chi connectivity index (χ1v) is 7.63. The van der Waals surface area contributed by atoms with Gasteiger partial charge in [-0.05, 0) is 43.3 Å². The van der Waals surface area contributed by atoms with Crippen LogP contribution in [-0.4, -0.2) is 12.4 Å². The van der Waals surface area contributed by atoms with E-state index in [4.69, 9.17) is 10.5 Å². The number of rotatable bonds is 4. The first-order chi connectivity index (χ1) is 9.51. The Bertz CT molecular complexity index is 636. The fraction of sp³-hybridized carbons (Fsp3) is 0.133. The highest BCUT2D eigenvalue weighted by atomic mass is 79.9. The molecule has 0 aliphatic rings. The van der Waals surface area contributed by atoms with Crippen LogP contribution in [0.1, 0.15) is 22.8 Å². The van der Waals surface area contributed by atoms with Crippen molar-refractivity contribution in [1.82, 2.24) is 0 Å². The molecule has 0 aromatic heterocycles. The molecular weight excluding hydrogens is 386 g/mol. The molecule has 0 unspecified atom stereocenters. The third-order valence-electron chi connectivity index (χ3n) is 2.67. The zero-order chi connectivity index (χ0) is 14.7. The lowest BCUT2D eigenvalue weighted by Crippen LogP contribution is -2.06. The first kappa shape index (κ1) is 15.1. The average Bonchev–Trinajstić information content (AvgIpc) is 2.39. The van der Waals surface area contributed by atoms with Crippen LogP contribution in [-0.2, 0) is 0 Å². The summed E-state index contributed by atoms with van der Waals surface area (Å²) in [7, 11) is 0. The van der Waals surface area contributed by atoms with Gasteiger partial charge in [-0.25, -0.2) is 0 Å². The molecule has 0 aliphatic carbocycles. The number of carbonyl (C=O) groups excluding carboxylic acids is 1. The van der Waals surface area contributed by atoms with Gasteiger partial charge in [0.15, 0.2) is 5.78 Å². The van der Waals surface area contributed by atoms with Gasteiger partial charge in [0.05, 0.1) is 12.2 Å². The Morgan fingerprint density at radius 1 is 1.15 bits per heavy atom. The molecule has 0 amide bonds. The van der Waals surface area contributed by atoms with Crippen LogP contribution in [0.2, 0.25) is 0 Å². The average molecular weight is 399 g/mol. The van der Waals surface area contributed by atoms with Crippen molar-refractivity contribution < 1.29 is 9.53 Å². The van der Waals surface area contributed by atoms with Crippen molar-refractivity contribution in [3.8, 4) is 5.75 Å². The van der Waals surface area contributed by atoms with Crippen molar-refractivity contribution in [3.63, 3.8) is 0 Å². The lowest BCUT2D eigenvalue weighted by atomic mass is 10.0. The molecule has 2 aromatic rings. The molecule has 0 spiro atoms. The van der Waals surface area contributed by atoms with Gasteiger partial charge in [0.2, 0.25) is 0 Å². The summed E-state index contributed by atoms with van der Waals surface area (Å²) in [6.07, 6.45) is 0. The number of nitrogen functional groups attached to an aromatic ring is 1. The van der Waals surface area contributed by atoms with E-state index in [1.807, 2.05) is 13.0 Å². The molecule has 0 bridgehead atoms. The molecule has 104 valence electrons. The van der Waals surface area contributed by atoms with Gasteiger partial charge in [-0.2, -0.15) is 0 Å². The molecular formula is C15H13Br2NO2. The summed E-state index contributed by atoms with van der Waals surface area (Å²) in [4.78, 5) is 12.6. The number of carbonyl (C=O) groups is 1. The minimum atomic E-state index is -0.122. The molecule has 5 heteroatoms. The molecule has 2 N–H and O–H groups in total. The third kappa shape index (κ3) is 3.41. The molecule has 0 radical (unpaired) electrons. The Morgan fingerprint density at radius 2 is 1.90 bits per heavy atom. The van der Waals surface area contributed by atoms with Crippen molar-refractivity contribution in [2.75, 3.05) is 12.3 Å². The van der Waals surface area contributed by atoms with E-state index in [0.29, 0.717) is 29.2 Å². The largest absolute Gasteiger partial charge is 0.493 e. The standard InChI is InChI=1S/C15H13Br2NO2/c1-2-20-14-4-3-10(16)8-13(14)15(19)9-5-11(17)7-12(18)6-9/h3-8H,2,18H2,1H3. The van der Waals surface area contributed by atoms with E-state index >= 15 is 0 Å². The summed E-state index contributed by atoms with van der Waals surface area (Å²) in [6.45, 7) is 2.38. The predicted octanol–water partition coefficient (Wildman–Crippen LogP) is 4.42. The summed E-state index contributed by atoms with van der Waals surface area (Å²) in [5, 5.41) is 0. The fourth-order valence-corrected chi connectivity index (χ4v) is 2.73. The quantitative estimate of drug-likeness (QED) is 0.612. The highest BCUT2D eigenvalue weighted by Crippen LogP contribution is 2.27. The van der Waals surface area contributed by atoms with Gasteiger partial charge >= 0.3 is 0 Å². The molecule has 0 saturated carbocycles. The highest BCUT2D eigenvalue weighted by Gasteiger charge is 2.16. The summed E-state index contributed by atoms with van der Waals surface area (Å²) in [6, 6.07) is 10.5. The van der Waals surface area contributed by atoms with Crippen molar-refractivity contribution in [3.05, 3.63) is 56.5 Å². The van der Waals surface area contributed by atoms with E-state index < -0.39 is 0 Å². The number of anilines is 1. The van der Waals surface area contributed by atoms with Crippen molar-refractivity contribution >= 4 is 43.3 Å². The van der Waals surface area contributed by atoms with E-state index in [-0.39, 0.29) is 5.78 Å². The van der Waals surface area contributed by atoms with E-state index in [2.05, 4.69) is 31.9 Å². The Kier molecular flexibility index (Phi) is 4.83. The van der Waals surface area contributed by atoms with E-state index in [1.165, 1.54) is 0 Å². The lowest BCUT2D eigenvalue weighted by molar-refractivity contribution is 0.103. The maximum Gasteiger partial charge on any atom is 0.196 e. The smallest absolute Gasteiger partial charge is 0.196 e. The van der Waals surface area contributed by atoms with Gasteiger partial charge in [0.1, 0.15) is 5.75 Å². The summed E-state index contributed by atoms with van der Waals surface area (Å²) < 4.78 is 7.11. The van der Waals surface area contributed by atoms with Gasteiger partial charge in [-0.3, -0.25) is 4.79 Å². The normalized spacial score (nSPS) is 10.3. The van der Waals surface area contributed by atoms with Gasteiger partial charge in [0.25, 0.3) is 0 Å². The van der Waals surface area contributed by atoms with Crippen LogP contribution in [0.4, 0.5) is 5.69 Å². The number of hydrogen-bond acceptors (Lipinski definition) is 3. The topological polar surface area (TPSA) is 52.3 Å². The SMILES string of the molecule is CCOc1ccc(Br)cc1C(=O)c1cc(N)cc(Br)c1. The number of nitrogens with two attached hydrogens (primary N) is 1. The Morgan fingerprint density at radius 3 is 2.55 bits per heavy atom. The third-order valence-corrected chi connectivity index (χ3v) is 3.62. The number of benzene rings is 2. The second-order valence-electron chi connectivity index (χ2n) is 4.18. The van der Waals surface area contributed by atoms with Crippen LogP contribution >= 0.6 is 31.9 Å². The summed E-state index contributed by atoms with van der Waals surface area (Å²) in [5.41, 5.74) is 7.35. The minimum absolute atomic E-state index is 0.122. The zero-order valence-corrected chi connectivity index (χ0v) is 14.0. The highest BCUT2D eigenvalue weighted by molar-refractivity contribution is 9.10. The monoisotopic (exact) mass is 397 g/mol. The molecule has 20 heavy (non-hydrogen) atoms. The number of halogens is 2. The Balaban J connectivity index is 2.49. The Hall–Kier alpha value is -1.33. The van der Waals surface area contributed by atoms with Crippen molar-refractivity contribution in [2.45, 2.75) is 6.92 Å². The Labute approximate surface area is 134 Å². The second-order valence-corrected chi connectivity index (χ2v) is 6.01. The van der Waals surface area contributed by atoms with Crippen LogP contribution in [0.3, 0.4) is 0 Å². The van der Waals surface area contributed by atoms with Crippen LogP contribution < -0.4 is 10.5 Å². The van der Waals surface area contributed by atoms with Crippen LogP contribution in [0.15, 0.2) is 45.3 Å². The lowest BCUT2D eigenvalue weighted by Gasteiger charge is -2.10.